The monoisotopic (exact) mass is 549 g/mol. The molecule has 3 aromatic rings. The Morgan fingerprint density at radius 1 is 1.21 bits per heavy atom. The third kappa shape index (κ3) is 5.65. The van der Waals surface area contributed by atoms with E-state index >= 15 is 4.39 Å². The van der Waals surface area contributed by atoms with E-state index in [4.69, 9.17) is 0 Å². The molecule has 0 bridgehead atoms. The van der Waals surface area contributed by atoms with Gasteiger partial charge in [-0.05, 0) is 105 Å². The number of carbonyl (C=O) groups excluding carboxylic acids is 1. The third-order valence-corrected chi connectivity index (χ3v) is 9.83. The van der Waals surface area contributed by atoms with E-state index in [-0.39, 0.29) is 29.5 Å². The van der Waals surface area contributed by atoms with Crippen LogP contribution in [0, 0.1) is 24.1 Å². The molecule has 0 unspecified atom stereocenters. The van der Waals surface area contributed by atoms with Gasteiger partial charge in [0.15, 0.2) is 0 Å². The predicted molar refractivity (Wildman–Crippen MR) is 154 cm³/mol. The highest BCUT2D eigenvalue weighted by Crippen LogP contribution is 2.46. The molecule has 3 aliphatic rings. The highest BCUT2D eigenvalue weighted by atomic mass is 32.2. The van der Waals surface area contributed by atoms with Gasteiger partial charge in [0.05, 0.1) is 6.61 Å². The molecule has 1 aliphatic heterocycles. The topological polar surface area (TPSA) is 83.4 Å². The lowest BCUT2D eigenvalue weighted by Crippen LogP contribution is -2.31. The molecule has 39 heavy (non-hydrogen) atoms. The molecule has 1 aromatic heterocycles. The number of benzene rings is 2. The van der Waals surface area contributed by atoms with Crippen molar-refractivity contribution in [1.82, 2.24) is 15.2 Å². The summed E-state index contributed by atoms with van der Waals surface area (Å²) in [5, 5.41) is 17.8. The average molecular weight is 550 g/mol. The number of rotatable bonds is 9. The molecule has 1 amide bonds. The van der Waals surface area contributed by atoms with Crippen molar-refractivity contribution in [1.29, 1.82) is 0 Å². The highest BCUT2D eigenvalue weighted by Gasteiger charge is 2.42. The summed E-state index contributed by atoms with van der Waals surface area (Å²) in [6.07, 6.45) is 8.10. The highest BCUT2D eigenvalue weighted by molar-refractivity contribution is 7.99. The summed E-state index contributed by atoms with van der Waals surface area (Å²) in [6.45, 7) is 4.39. The normalized spacial score (nSPS) is 20.2. The van der Waals surface area contributed by atoms with E-state index in [1.54, 1.807) is 29.3 Å². The van der Waals surface area contributed by atoms with Crippen LogP contribution in [-0.2, 0) is 6.54 Å². The second-order valence-electron chi connectivity index (χ2n) is 11.7. The van der Waals surface area contributed by atoms with Crippen molar-refractivity contribution in [3.05, 3.63) is 63.8 Å². The molecule has 1 atom stereocenters. The Morgan fingerprint density at radius 3 is 2.72 bits per heavy atom. The molecule has 6 rings (SSSR count). The van der Waals surface area contributed by atoms with E-state index in [1.165, 1.54) is 18.9 Å². The average Bonchev–Trinajstić information content (AvgIpc) is 3.89. The maximum absolute atomic E-state index is 15.0. The summed E-state index contributed by atoms with van der Waals surface area (Å²) < 4.78 is 16.8. The van der Waals surface area contributed by atoms with Crippen LogP contribution >= 0.6 is 11.8 Å². The molecular weight excluding hydrogens is 513 g/mol. The molecule has 8 heteroatoms. The van der Waals surface area contributed by atoms with Crippen LogP contribution in [0.25, 0.3) is 21.9 Å². The summed E-state index contributed by atoms with van der Waals surface area (Å²) in [5.74, 6) is 0.839. The van der Waals surface area contributed by atoms with Gasteiger partial charge in [-0.3, -0.25) is 9.59 Å². The second kappa shape index (κ2) is 10.7. The summed E-state index contributed by atoms with van der Waals surface area (Å²) >= 11 is 1.77. The zero-order valence-electron chi connectivity index (χ0n) is 22.4. The minimum Gasteiger partial charge on any atom is -0.396 e. The molecule has 0 radical (unpaired) electrons. The van der Waals surface area contributed by atoms with Gasteiger partial charge in [0, 0.05) is 51.2 Å². The molecule has 2 aromatic carbocycles. The first-order valence-corrected chi connectivity index (χ1v) is 15.1. The minimum atomic E-state index is -0.415. The Kier molecular flexibility index (Phi) is 7.29. The van der Waals surface area contributed by atoms with Crippen molar-refractivity contribution in [2.24, 2.45) is 11.3 Å². The van der Waals surface area contributed by atoms with E-state index in [2.05, 4.69) is 10.6 Å². The Bertz CT molecular complexity index is 1470. The number of aliphatic hydroxyl groups excluding tert-OH is 1. The first-order chi connectivity index (χ1) is 18.9. The van der Waals surface area contributed by atoms with Crippen molar-refractivity contribution < 1.29 is 14.3 Å². The molecule has 2 heterocycles. The number of fused-ring (bicyclic) bond motifs is 1. The SMILES string of the molecule is Cc1c(F)cc(C(=O)NC2CC2)cc1-c1ccc2c(=O)n(CC3(CO)CC3)cc(SC[C@@H]3CCCNC3)c2c1. The quantitative estimate of drug-likeness (QED) is 0.332. The van der Waals surface area contributed by atoms with E-state index in [0.717, 1.165) is 60.4 Å². The molecule has 6 nitrogen and oxygen atoms in total. The first kappa shape index (κ1) is 26.5. The van der Waals surface area contributed by atoms with Gasteiger partial charge in [0.25, 0.3) is 11.5 Å². The summed E-state index contributed by atoms with van der Waals surface area (Å²) in [5.41, 5.74) is 1.97. The number of amides is 1. The molecule has 2 saturated carbocycles. The molecule has 3 N–H and O–H groups in total. The van der Waals surface area contributed by atoms with Gasteiger partial charge in [-0.25, -0.2) is 4.39 Å². The van der Waals surface area contributed by atoms with Crippen LogP contribution in [0.1, 0.15) is 54.4 Å². The lowest BCUT2D eigenvalue weighted by Gasteiger charge is -2.23. The molecule has 1 saturated heterocycles. The Labute approximate surface area is 232 Å². The molecule has 206 valence electrons. The van der Waals surface area contributed by atoms with Crippen molar-refractivity contribution in [3.63, 3.8) is 0 Å². The van der Waals surface area contributed by atoms with Crippen molar-refractivity contribution in [2.45, 2.75) is 62.9 Å². The van der Waals surface area contributed by atoms with Gasteiger partial charge in [-0.1, -0.05) is 6.07 Å². The zero-order valence-corrected chi connectivity index (χ0v) is 23.2. The summed E-state index contributed by atoms with van der Waals surface area (Å²) in [4.78, 5) is 27.3. The van der Waals surface area contributed by atoms with Crippen LogP contribution in [0.2, 0.25) is 0 Å². The van der Waals surface area contributed by atoms with Crippen LogP contribution in [0.4, 0.5) is 4.39 Å². The van der Waals surface area contributed by atoms with Crippen LogP contribution in [0.5, 0.6) is 0 Å². The van der Waals surface area contributed by atoms with Crippen LogP contribution in [0.3, 0.4) is 0 Å². The Hall–Kier alpha value is -2.68. The smallest absolute Gasteiger partial charge is 0.258 e. The number of hydrogen-bond acceptors (Lipinski definition) is 5. The predicted octanol–water partition coefficient (Wildman–Crippen LogP) is 4.87. The van der Waals surface area contributed by atoms with Gasteiger partial charge in [0.2, 0.25) is 0 Å². The van der Waals surface area contributed by atoms with Gasteiger partial charge in [-0.2, -0.15) is 0 Å². The van der Waals surface area contributed by atoms with E-state index in [1.807, 2.05) is 24.4 Å². The number of pyridine rings is 1. The van der Waals surface area contributed by atoms with Gasteiger partial charge in [-0.15, -0.1) is 11.8 Å². The number of aromatic nitrogens is 1. The summed E-state index contributed by atoms with van der Waals surface area (Å²) in [6, 6.07) is 8.93. The number of aliphatic hydroxyl groups is 1. The Morgan fingerprint density at radius 2 is 2.03 bits per heavy atom. The number of piperidine rings is 1. The molecule has 3 fully saturated rings. The van der Waals surface area contributed by atoms with E-state index in [9.17, 15) is 14.7 Å². The van der Waals surface area contributed by atoms with Crippen molar-refractivity contribution >= 4 is 28.4 Å². The minimum absolute atomic E-state index is 0.0691. The number of halogens is 1. The van der Waals surface area contributed by atoms with Crippen LogP contribution < -0.4 is 16.2 Å². The number of hydrogen-bond donors (Lipinski definition) is 3. The van der Waals surface area contributed by atoms with Gasteiger partial charge < -0.3 is 20.3 Å². The van der Waals surface area contributed by atoms with Gasteiger partial charge in [0.1, 0.15) is 5.82 Å². The van der Waals surface area contributed by atoms with Crippen molar-refractivity contribution in [2.75, 3.05) is 25.4 Å². The van der Waals surface area contributed by atoms with Crippen molar-refractivity contribution in [3.8, 4) is 11.1 Å². The second-order valence-corrected chi connectivity index (χ2v) is 12.8. The van der Waals surface area contributed by atoms with Crippen LogP contribution in [0.15, 0.2) is 46.2 Å². The zero-order chi connectivity index (χ0) is 27.1. The Balaban J connectivity index is 1.41. The maximum atomic E-state index is 15.0. The lowest BCUT2D eigenvalue weighted by molar-refractivity contribution is 0.0950. The van der Waals surface area contributed by atoms with E-state index < -0.39 is 5.82 Å². The van der Waals surface area contributed by atoms with Gasteiger partial charge >= 0.3 is 0 Å². The standard InChI is InChI=1S/C31H36FN3O3S/c1-19-25(12-22(13-27(19)32)29(37)34-23-5-6-23)21-4-7-24-26(11-21)28(39-16-20-3-2-10-33-14-20)15-35(30(24)38)17-31(18-36)8-9-31/h4,7,11-13,15,20,23,33,36H,2-3,5-6,8-10,14,16-18H2,1H3,(H,34,37)/t20-/m1/s1. The molecular formula is C31H36FN3O3S. The third-order valence-electron chi connectivity index (χ3n) is 8.55. The summed E-state index contributed by atoms with van der Waals surface area (Å²) in [7, 11) is 0. The fourth-order valence-corrected chi connectivity index (χ4v) is 6.77. The fourth-order valence-electron chi connectivity index (χ4n) is 5.54. The van der Waals surface area contributed by atoms with E-state index in [0.29, 0.717) is 34.5 Å². The number of nitrogens with one attached hydrogen (secondary N) is 2. The number of thioether (sulfide) groups is 1. The van der Waals surface area contributed by atoms with Crippen LogP contribution in [-0.4, -0.2) is 47.1 Å². The lowest BCUT2D eigenvalue weighted by atomic mass is 9.95. The largest absolute Gasteiger partial charge is 0.396 e. The number of nitrogens with zero attached hydrogens (tertiary/aromatic N) is 1. The molecule has 0 spiro atoms. The maximum Gasteiger partial charge on any atom is 0.258 e. The first-order valence-electron chi connectivity index (χ1n) is 14.1. The fraction of sp³-hybridized carbons (Fsp3) is 0.484. The number of carbonyl (C=O) groups is 1. The molecule has 2 aliphatic carbocycles.